The fraction of sp³-hybridized carbons (Fsp3) is 0.0667. The largest absolute Gasteiger partial charge is 0.320 e. The van der Waals surface area contributed by atoms with Crippen LogP contribution >= 0.6 is 22.7 Å². The second kappa shape index (κ2) is 4.62. The van der Waals surface area contributed by atoms with Crippen LogP contribution in [0.2, 0.25) is 0 Å². The molecule has 2 N–H and O–H groups in total. The highest BCUT2D eigenvalue weighted by atomic mass is 32.1. The van der Waals surface area contributed by atoms with Gasteiger partial charge in [-0.1, -0.05) is 0 Å². The van der Waals surface area contributed by atoms with E-state index in [0.717, 1.165) is 21.8 Å². The van der Waals surface area contributed by atoms with Crippen LogP contribution in [0.3, 0.4) is 0 Å². The lowest BCUT2D eigenvalue weighted by atomic mass is 10.1. The fourth-order valence-electron chi connectivity index (χ4n) is 2.56. The zero-order valence-corrected chi connectivity index (χ0v) is 13.0. The van der Waals surface area contributed by atoms with Crippen molar-refractivity contribution in [2.45, 2.75) is 6.92 Å². The predicted molar refractivity (Wildman–Crippen MR) is 83.5 cm³/mol. The molecule has 0 unspecified atom stereocenters. The minimum absolute atomic E-state index is 0.299. The molecule has 4 nitrogen and oxygen atoms in total. The fourth-order valence-corrected chi connectivity index (χ4v) is 4.22. The molecule has 0 fully saturated rings. The van der Waals surface area contributed by atoms with Crippen LogP contribution in [-0.2, 0) is 9.59 Å². The molecule has 7 heteroatoms. The summed E-state index contributed by atoms with van der Waals surface area (Å²) < 4.78 is 13.2. The van der Waals surface area contributed by atoms with Gasteiger partial charge < -0.3 is 10.6 Å². The molecule has 0 radical (unpaired) electrons. The van der Waals surface area contributed by atoms with E-state index in [1.54, 1.807) is 0 Å². The topological polar surface area (TPSA) is 58.2 Å². The molecule has 0 saturated carbocycles. The number of carbonyl (C=O) groups is 2. The van der Waals surface area contributed by atoms with E-state index in [2.05, 4.69) is 10.6 Å². The van der Waals surface area contributed by atoms with Gasteiger partial charge in [0.05, 0.1) is 32.3 Å². The monoisotopic (exact) mass is 332 g/mol. The summed E-state index contributed by atoms with van der Waals surface area (Å²) >= 11 is 2.62. The van der Waals surface area contributed by atoms with E-state index >= 15 is 0 Å². The van der Waals surface area contributed by atoms with E-state index in [9.17, 15) is 14.0 Å². The lowest BCUT2D eigenvalue weighted by Crippen LogP contribution is -2.20. The molecule has 110 valence electrons. The number of nitrogens with one attached hydrogen (secondary N) is 2. The molecule has 0 saturated heterocycles. The van der Waals surface area contributed by atoms with Crippen LogP contribution in [0.1, 0.15) is 15.3 Å². The van der Waals surface area contributed by atoms with Gasteiger partial charge in [-0.05, 0) is 30.0 Å². The Morgan fingerprint density at radius 1 is 0.909 bits per heavy atom. The maximum absolute atomic E-state index is 13.2. The quantitative estimate of drug-likeness (QED) is 0.888. The molecule has 2 aromatic rings. The zero-order chi connectivity index (χ0) is 15.4. The Labute approximate surface area is 133 Å². The first-order valence-electron chi connectivity index (χ1n) is 6.46. The van der Waals surface area contributed by atoms with Crippen molar-refractivity contribution in [2.75, 3.05) is 0 Å². The highest BCUT2D eigenvalue weighted by Crippen LogP contribution is 2.39. The van der Waals surface area contributed by atoms with Crippen LogP contribution in [-0.4, -0.2) is 11.8 Å². The third kappa shape index (κ3) is 1.86. The Morgan fingerprint density at radius 3 is 1.91 bits per heavy atom. The Kier molecular flexibility index (Phi) is 2.82. The molecule has 0 atom stereocenters. The Bertz CT molecular complexity index is 830. The third-order valence-corrected chi connectivity index (χ3v) is 5.46. The summed E-state index contributed by atoms with van der Waals surface area (Å²) in [5, 5.41) is 8.76. The number of hydrogen-bond donors (Lipinski definition) is 2. The Balaban J connectivity index is 1.91. The summed E-state index contributed by atoms with van der Waals surface area (Å²) in [4.78, 5) is 26.0. The summed E-state index contributed by atoms with van der Waals surface area (Å²) in [5.74, 6) is -1.05. The molecule has 0 aliphatic carbocycles. The molecule has 2 aliphatic heterocycles. The van der Waals surface area contributed by atoms with Crippen molar-refractivity contribution in [3.63, 3.8) is 0 Å². The second-order valence-electron chi connectivity index (χ2n) is 5.03. The Hall–Kier alpha value is -2.25. The van der Waals surface area contributed by atoms with Gasteiger partial charge in [0, 0.05) is 5.38 Å². The van der Waals surface area contributed by atoms with Crippen molar-refractivity contribution >= 4 is 45.9 Å². The van der Waals surface area contributed by atoms with Gasteiger partial charge in [0.25, 0.3) is 11.8 Å². The molecule has 4 heterocycles. The van der Waals surface area contributed by atoms with E-state index in [1.807, 2.05) is 18.4 Å². The van der Waals surface area contributed by atoms with Gasteiger partial charge in [-0.2, -0.15) is 0 Å². The van der Waals surface area contributed by atoms with Crippen molar-refractivity contribution in [1.82, 2.24) is 10.6 Å². The van der Waals surface area contributed by atoms with Crippen molar-refractivity contribution in [2.24, 2.45) is 0 Å². The van der Waals surface area contributed by atoms with Crippen molar-refractivity contribution in [3.8, 4) is 0 Å². The SMILES string of the molecule is Cc1csc(C2=C3C(=O)NC(c4cc(F)cs4)=C3C(=O)N2)c1. The van der Waals surface area contributed by atoms with Gasteiger partial charge in [-0.25, -0.2) is 4.39 Å². The number of rotatable bonds is 2. The van der Waals surface area contributed by atoms with E-state index in [0.29, 0.717) is 27.4 Å². The second-order valence-corrected chi connectivity index (χ2v) is 6.85. The summed E-state index contributed by atoms with van der Waals surface area (Å²) in [5.41, 5.74) is 2.62. The van der Waals surface area contributed by atoms with E-state index in [1.165, 1.54) is 22.8 Å². The van der Waals surface area contributed by atoms with Gasteiger partial charge in [0.2, 0.25) is 0 Å². The summed E-state index contributed by atoms with van der Waals surface area (Å²) in [6.45, 7) is 1.95. The molecule has 4 rings (SSSR count). The number of halogens is 1. The van der Waals surface area contributed by atoms with Crippen LogP contribution < -0.4 is 10.6 Å². The molecule has 22 heavy (non-hydrogen) atoms. The number of aryl methyl sites for hydroxylation is 1. The number of carbonyl (C=O) groups excluding carboxylic acids is 2. The molecular formula is C15H9FN2O2S2. The van der Waals surface area contributed by atoms with Crippen molar-refractivity contribution < 1.29 is 14.0 Å². The minimum Gasteiger partial charge on any atom is -0.320 e. The molecule has 0 bridgehead atoms. The zero-order valence-electron chi connectivity index (χ0n) is 11.3. The van der Waals surface area contributed by atoms with Gasteiger partial charge in [-0.3, -0.25) is 9.59 Å². The molecule has 2 aliphatic rings. The normalized spacial score (nSPS) is 17.2. The van der Waals surface area contributed by atoms with Crippen molar-refractivity contribution in [1.29, 1.82) is 0 Å². The first kappa shape index (κ1) is 13.4. The average Bonchev–Trinajstić information content (AvgIpc) is 3.19. The summed E-state index contributed by atoms with van der Waals surface area (Å²) in [6, 6.07) is 3.24. The number of amides is 2. The van der Waals surface area contributed by atoms with Gasteiger partial charge >= 0.3 is 0 Å². The minimum atomic E-state index is -0.382. The standard InChI is InChI=1S/C15H9FN2O2S2/c1-6-2-8(21-4-6)12-10-11(15(20)17-12)13(18-14(10)19)9-3-7(16)5-22-9/h2-5H,1H3,(H,17,20)(H,18,19). The first-order chi connectivity index (χ1) is 10.5. The maximum atomic E-state index is 13.2. The van der Waals surface area contributed by atoms with Crippen LogP contribution in [0.15, 0.2) is 34.0 Å². The van der Waals surface area contributed by atoms with Crippen LogP contribution in [0.4, 0.5) is 4.39 Å². The smallest absolute Gasteiger partial charge is 0.258 e. The van der Waals surface area contributed by atoms with Crippen LogP contribution in [0.5, 0.6) is 0 Å². The predicted octanol–water partition coefficient (Wildman–Crippen LogP) is 2.64. The van der Waals surface area contributed by atoms with Gasteiger partial charge in [-0.15, -0.1) is 22.7 Å². The summed E-state index contributed by atoms with van der Waals surface area (Å²) in [6.07, 6.45) is 0. The van der Waals surface area contributed by atoms with E-state index in [-0.39, 0.29) is 17.6 Å². The highest BCUT2D eigenvalue weighted by molar-refractivity contribution is 7.11. The number of fused-ring (bicyclic) bond motifs is 1. The lowest BCUT2D eigenvalue weighted by molar-refractivity contribution is -0.117. The molecule has 2 aromatic heterocycles. The van der Waals surface area contributed by atoms with E-state index in [4.69, 9.17) is 0 Å². The summed E-state index contributed by atoms with van der Waals surface area (Å²) in [7, 11) is 0. The third-order valence-electron chi connectivity index (χ3n) is 3.47. The van der Waals surface area contributed by atoms with Crippen LogP contribution in [0.25, 0.3) is 11.4 Å². The average molecular weight is 332 g/mol. The van der Waals surface area contributed by atoms with Crippen LogP contribution in [0, 0.1) is 12.7 Å². The lowest BCUT2D eigenvalue weighted by Gasteiger charge is -2.03. The van der Waals surface area contributed by atoms with Crippen molar-refractivity contribution in [3.05, 3.63) is 55.2 Å². The van der Waals surface area contributed by atoms with E-state index < -0.39 is 0 Å². The highest BCUT2D eigenvalue weighted by Gasteiger charge is 2.41. The molecule has 2 amide bonds. The molecular weight excluding hydrogens is 323 g/mol. The maximum Gasteiger partial charge on any atom is 0.258 e. The Morgan fingerprint density at radius 2 is 1.45 bits per heavy atom. The molecule has 0 aromatic carbocycles. The first-order valence-corrected chi connectivity index (χ1v) is 8.22. The molecule has 0 spiro atoms. The van der Waals surface area contributed by atoms with Gasteiger partial charge in [0.1, 0.15) is 5.82 Å². The van der Waals surface area contributed by atoms with Gasteiger partial charge in [0.15, 0.2) is 0 Å². The number of thiophene rings is 2. The number of hydrogen-bond acceptors (Lipinski definition) is 4.